The van der Waals surface area contributed by atoms with Crippen LogP contribution >= 0.6 is 15.9 Å². The molecule has 0 radical (unpaired) electrons. The van der Waals surface area contributed by atoms with E-state index in [1.807, 2.05) is 12.1 Å². The summed E-state index contributed by atoms with van der Waals surface area (Å²) in [6.45, 7) is 3.58. The highest BCUT2D eigenvalue weighted by molar-refractivity contribution is 9.10. The molecule has 1 saturated heterocycles. The van der Waals surface area contributed by atoms with Crippen molar-refractivity contribution in [2.24, 2.45) is 0 Å². The standard InChI is InChI=1S/C15H20BrNO4/c16-12-6-11(7-13-14(12)21-4-1-3-20-13)8-17-9-15(18)2-5-19-10-15/h6-7,17-18H,1-5,8-10H2. The van der Waals surface area contributed by atoms with Crippen LogP contribution in [0, 0.1) is 0 Å². The lowest BCUT2D eigenvalue weighted by Gasteiger charge is -2.21. The Labute approximate surface area is 132 Å². The van der Waals surface area contributed by atoms with E-state index in [1.165, 1.54) is 0 Å². The number of ether oxygens (including phenoxy) is 3. The van der Waals surface area contributed by atoms with Crippen LogP contribution in [-0.2, 0) is 11.3 Å². The molecule has 2 aliphatic heterocycles. The number of nitrogens with one attached hydrogen (secondary N) is 1. The van der Waals surface area contributed by atoms with Gasteiger partial charge in [-0.05, 0) is 33.6 Å². The molecule has 0 amide bonds. The van der Waals surface area contributed by atoms with Gasteiger partial charge in [-0.2, -0.15) is 0 Å². The first-order valence-corrected chi connectivity index (χ1v) is 8.04. The molecule has 1 atom stereocenters. The minimum Gasteiger partial charge on any atom is -0.490 e. The molecule has 5 nitrogen and oxygen atoms in total. The second kappa shape index (κ2) is 6.52. The monoisotopic (exact) mass is 357 g/mol. The average molecular weight is 358 g/mol. The van der Waals surface area contributed by atoms with Crippen LogP contribution in [0.2, 0.25) is 0 Å². The maximum absolute atomic E-state index is 10.2. The minimum atomic E-state index is -0.734. The Morgan fingerprint density at radius 3 is 2.90 bits per heavy atom. The van der Waals surface area contributed by atoms with Gasteiger partial charge in [0, 0.05) is 32.5 Å². The number of benzene rings is 1. The average Bonchev–Trinajstić information content (AvgIpc) is 2.73. The molecule has 21 heavy (non-hydrogen) atoms. The number of rotatable bonds is 4. The van der Waals surface area contributed by atoms with E-state index in [-0.39, 0.29) is 0 Å². The van der Waals surface area contributed by atoms with Gasteiger partial charge in [-0.25, -0.2) is 0 Å². The van der Waals surface area contributed by atoms with Crippen molar-refractivity contribution in [1.82, 2.24) is 5.32 Å². The summed E-state index contributed by atoms with van der Waals surface area (Å²) in [5.74, 6) is 1.56. The van der Waals surface area contributed by atoms with Crippen molar-refractivity contribution in [2.45, 2.75) is 25.0 Å². The maximum Gasteiger partial charge on any atom is 0.175 e. The molecule has 6 heteroatoms. The highest BCUT2D eigenvalue weighted by Gasteiger charge is 2.31. The Balaban J connectivity index is 1.63. The van der Waals surface area contributed by atoms with Crippen LogP contribution in [-0.4, -0.2) is 43.7 Å². The van der Waals surface area contributed by atoms with Gasteiger partial charge < -0.3 is 24.6 Å². The Bertz CT molecular complexity index is 503. The van der Waals surface area contributed by atoms with Crippen molar-refractivity contribution in [2.75, 3.05) is 33.0 Å². The van der Waals surface area contributed by atoms with Crippen LogP contribution in [0.3, 0.4) is 0 Å². The van der Waals surface area contributed by atoms with E-state index >= 15 is 0 Å². The van der Waals surface area contributed by atoms with Gasteiger partial charge in [-0.15, -0.1) is 0 Å². The largest absolute Gasteiger partial charge is 0.490 e. The van der Waals surface area contributed by atoms with E-state index in [0.717, 1.165) is 28.0 Å². The van der Waals surface area contributed by atoms with Crippen LogP contribution in [0.4, 0.5) is 0 Å². The Hall–Kier alpha value is -0.820. The third-order valence-corrected chi connectivity index (χ3v) is 4.32. The summed E-state index contributed by atoms with van der Waals surface area (Å²) < 4.78 is 17.5. The highest BCUT2D eigenvalue weighted by Crippen LogP contribution is 2.38. The quantitative estimate of drug-likeness (QED) is 0.861. The van der Waals surface area contributed by atoms with Crippen LogP contribution in [0.1, 0.15) is 18.4 Å². The molecule has 1 fully saturated rings. The van der Waals surface area contributed by atoms with Crippen molar-refractivity contribution in [3.05, 3.63) is 22.2 Å². The second-order valence-electron chi connectivity index (χ2n) is 5.59. The van der Waals surface area contributed by atoms with E-state index in [0.29, 0.717) is 45.9 Å². The molecule has 1 aromatic rings. The maximum atomic E-state index is 10.2. The SMILES string of the molecule is OC1(CNCc2cc(Br)c3c(c2)OCCCO3)CCOC1. The Morgan fingerprint density at radius 1 is 1.24 bits per heavy atom. The summed E-state index contributed by atoms with van der Waals surface area (Å²) in [4.78, 5) is 0. The smallest absolute Gasteiger partial charge is 0.175 e. The third-order valence-electron chi connectivity index (χ3n) is 3.73. The van der Waals surface area contributed by atoms with Crippen molar-refractivity contribution in [3.63, 3.8) is 0 Å². The number of hydrogen-bond donors (Lipinski definition) is 2. The molecule has 2 aliphatic rings. The van der Waals surface area contributed by atoms with Crippen LogP contribution < -0.4 is 14.8 Å². The molecule has 3 rings (SSSR count). The fourth-order valence-electron chi connectivity index (χ4n) is 2.56. The predicted octanol–water partition coefficient (Wildman–Crippen LogP) is 1.85. The Kier molecular flexibility index (Phi) is 4.69. The van der Waals surface area contributed by atoms with Gasteiger partial charge >= 0.3 is 0 Å². The van der Waals surface area contributed by atoms with Gasteiger partial charge in [-0.1, -0.05) is 0 Å². The van der Waals surface area contributed by atoms with Crippen molar-refractivity contribution in [3.8, 4) is 11.5 Å². The summed E-state index contributed by atoms with van der Waals surface area (Å²) in [5, 5.41) is 13.5. The zero-order chi connectivity index (χ0) is 14.7. The number of hydrogen-bond acceptors (Lipinski definition) is 5. The third kappa shape index (κ3) is 3.69. The molecular weight excluding hydrogens is 338 g/mol. The Morgan fingerprint density at radius 2 is 2.10 bits per heavy atom. The zero-order valence-corrected chi connectivity index (χ0v) is 13.4. The second-order valence-corrected chi connectivity index (χ2v) is 6.44. The summed E-state index contributed by atoms with van der Waals surface area (Å²) in [7, 11) is 0. The lowest BCUT2D eigenvalue weighted by Crippen LogP contribution is -2.40. The number of aliphatic hydroxyl groups is 1. The molecule has 0 saturated carbocycles. The van der Waals surface area contributed by atoms with E-state index < -0.39 is 5.60 Å². The first-order chi connectivity index (χ1) is 10.2. The molecule has 0 aromatic heterocycles. The molecule has 2 N–H and O–H groups in total. The van der Waals surface area contributed by atoms with Gasteiger partial charge in [0.05, 0.1) is 24.3 Å². The zero-order valence-electron chi connectivity index (χ0n) is 11.9. The molecule has 0 spiro atoms. The lowest BCUT2D eigenvalue weighted by atomic mass is 10.0. The van der Waals surface area contributed by atoms with Crippen LogP contribution in [0.5, 0.6) is 11.5 Å². The molecule has 0 aliphatic carbocycles. The number of fused-ring (bicyclic) bond motifs is 1. The summed E-state index contributed by atoms with van der Waals surface area (Å²) >= 11 is 3.53. The van der Waals surface area contributed by atoms with Gasteiger partial charge in [0.25, 0.3) is 0 Å². The highest BCUT2D eigenvalue weighted by atomic mass is 79.9. The number of halogens is 1. The lowest BCUT2D eigenvalue weighted by molar-refractivity contribution is 0.0268. The van der Waals surface area contributed by atoms with Gasteiger partial charge in [-0.3, -0.25) is 0 Å². The topological polar surface area (TPSA) is 60.0 Å². The molecule has 0 bridgehead atoms. The van der Waals surface area contributed by atoms with Crippen LogP contribution in [0.25, 0.3) is 0 Å². The normalized spacial score (nSPS) is 24.9. The molecule has 116 valence electrons. The van der Waals surface area contributed by atoms with Crippen molar-refractivity contribution < 1.29 is 19.3 Å². The fourth-order valence-corrected chi connectivity index (χ4v) is 3.17. The summed E-state index contributed by atoms with van der Waals surface area (Å²) in [6, 6.07) is 4.02. The van der Waals surface area contributed by atoms with Crippen molar-refractivity contribution in [1.29, 1.82) is 0 Å². The fraction of sp³-hybridized carbons (Fsp3) is 0.600. The molecular formula is C15H20BrNO4. The first kappa shape index (κ1) is 15.1. The summed E-state index contributed by atoms with van der Waals surface area (Å²) in [6.07, 6.45) is 1.58. The first-order valence-electron chi connectivity index (χ1n) is 7.25. The van der Waals surface area contributed by atoms with Gasteiger partial charge in [0.1, 0.15) is 5.60 Å². The van der Waals surface area contributed by atoms with Gasteiger partial charge in [0.2, 0.25) is 0 Å². The minimum absolute atomic E-state index is 0.408. The van der Waals surface area contributed by atoms with Gasteiger partial charge in [0.15, 0.2) is 11.5 Å². The van der Waals surface area contributed by atoms with Crippen molar-refractivity contribution >= 4 is 15.9 Å². The van der Waals surface area contributed by atoms with Crippen LogP contribution in [0.15, 0.2) is 16.6 Å². The van der Waals surface area contributed by atoms with E-state index in [9.17, 15) is 5.11 Å². The predicted molar refractivity (Wildman–Crippen MR) is 81.8 cm³/mol. The molecule has 2 heterocycles. The van der Waals surface area contributed by atoms with E-state index in [4.69, 9.17) is 14.2 Å². The molecule has 1 aromatic carbocycles. The summed E-state index contributed by atoms with van der Waals surface area (Å²) in [5.41, 5.74) is 0.358. The van der Waals surface area contributed by atoms with E-state index in [1.54, 1.807) is 0 Å². The van der Waals surface area contributed by atoms with E-state index in [2.05, 4.69) is 21.2 Å². The molecule has 1 unspecified atom stereocenters.